The lowest BCUT2D eigenvalue weighted by Gasteiger charge is -2.37. The Bertz CT molecular complexity index is 936. The first-order chi connectivity index (χ1) is 13.0. The van der Waals surface area contributed by atoms with Crippen molar-refractivity contribution in [3.8, 4) is 0 Å². The second-order valence-corrected chi connectivity index (χ2v) is 8.30. The van der Waals surface area contributed by atoms with Crippen molar-refractivity contribution in [2.24, 2.45) is 5.92 Å². The molecule has 1 N–H and O–H groups in total. The van der Waals surface area contributed by atoms with Gasteiger partial charge < -0.3 is 9.88 Å². The van der Waals surface area contributed by atoms with Crippen molar-refractivity contribution in [2.45, 2.75) is 30.6 Å². The number of hydrogen-bond acceptors (Lipinski definition) is 3. The average Bonchev–Trinajstić information content (AvgIpc) is 3.45. The SMILES string of the molecule is CSc1ccc(/C(=C/C2CN(C(C)=O)C2)c2ccc(C3CC3)c(=O)[nH]2)cc1. The van der Waals surface area contributed by atoms with Gasteiger partial charge in [-0.2, -0.15) is 0 Å². The minimum Gasteiger partial charge on any atom is -0.342 e. The molecule has 2 fully saturated rings. The number of aromatic amines is 1. The first-order valence-electron chi connectivity index (χ1n) is 9.40. The van der Waals surface area contributed by atoms with Gasteiger partial charge in [0.15, 0.2) is 0 Å². The molecule has 0 atom stereocenters. The predicted molar refractivity (Wildman–Crippen MR) is 110 cm³/mol. The summed E-state index contributed by atoms with van der Waals surface area (Å²) >= 11 is 1.71. The molecule has 5 heteroatoms. The number of rotatable bonds is 5. The van der Waals surface area contributed by atoms with Crippen LogP contribution in [0.4, 0.5) is 0 Å². The molecule has 0 radical (unpaired) electrons. The van der Waals surface area contributed by atoms with Gasteiger partial charge in [0.25, 0.3) is 5.56 Å². The van der Waals surface area contributed by atoms with Crippen molar-refractivity contribution in [1.82, 2.24) is 9.88 Å². The fourth-order valence-electron chi connectivity index (χ4n) is 3.58. The van der Waals surface area contributed by atoms with Crippen LogP contribution in [0.3, 0.4) is 0 Å². The van der Waals surface area contributed by atoms with E-state index in [-0.39, 0.29) is 11.5 Å². The molecule has 1 saturated heterocycles. The number of hydrogen-bond donors (Lipinski definition) is 1. The molecule has 0 unspecified atom stereocenters. The summed E-state index contributed by atoms with van der Waals surface area (Å²) in [7, 11) is 0. The zero-order valence-electron chi connectivity index (χ0n) is 15.7. The Labute approximate surface area is 163 Å². The van der Waals surface area contributed by atoms with Crippen LogP contribution in [0.25, 0.3) is 5.57 Å². The lowest BCUT2D eigenvalue weighted by atomic mass is 9.92. The van der Waals surface area contributed by atoms with Gasteiger partial charge in [-0.15, -0.1) is 11.8 Å². The molecular weight excluding hydrogens is 356 g/mol. The quantitative estimate of drug-likeness (QED) is 0.801. The maximum absolute atomic E-state index is 12.5. The summed E-state index contributed by atoms with van der Waals surface area (Å²) in [5.74, 6) is 0.871. The summed E-state index contributed by atoms with van der Waals surface area (Å²) in [6.07, 6.45) is 6.49. The van der Waals surface area contributed by atoms with Crippen LogP contribution in [0.1, 0.15) is 42.5 Å². The maximum atomic E-state index is 12.5. The largest absolute Gasteiger partial charge is 0.342 e. The summed E-state index contributed by atoms with van der Waals surface area (Å²) in [4.78, 5) is 30.2. The Morgan fingerprint density at radius 2 is 1.85 bits per heavy atom. The number of benzene rings is 1. The van der Waals surface area contributed by atoms with Crippen LogP contribution in [0.15, 0.2) is 52.2 Å². The Morgan fingerprint density at radius 1 is 1.15 bits per heavy atom. The molecule has 0 spiro atoms. The van der Waals surface area contributed by atoms with Gasteiger partial charge in [-0.25, -0.2) is 0 Å². The summed E-state index contributed by atoms with van der Waals surface area (Å²) in [6.45, 7) is 3.09. The minimum atomic E-state index is 0.0283. The third kappa shape index (κ3) is 3.88. The number of H-pyrrole nitrogens is 1. The zero-order valence-corrected chi connectivity index (χ0v) is 16.5. The highest BCUT2D eigenvalue weighted by Crippen LogP contribution is 2.38. The van der Waals surface area contributed by atoms with Crippen LogP contribution in [0.5, 0.6) is 0 Å². The molecule has 1 saturated carbocycles. The maximum Gasteiger partial charge on any atom is 0.251 e. The molecule has 140 valence electrons. The van der Waals surface area contributed by atoms with Crippen LogP contribution in [-0.4, -0.2) is 35.1 Å². The second-order valence-electron chi connectivity index (χ2n) is 7.42. The van der Waals surface area contributed by atoms with Gasteiger partial charge in [-0.05, 0) is 48.8 Å². The summed E-state index contributed by atoms with van der Waals surface area (Å²) in [5.41, 5.74) is 3.91. The molecule has 1 amide bonds. The molecule has 2 aliphatic rings. The Kier molecular flexibility index (Phi) is 4.96. The van der Waals surface area contributed by atoms with E-state index in [1.165, 1.54) is 4.90 Å². The van der Waals surface area contributed by atoms with Gasteiger partial charge in [0.2, 0.25) is 5.91 Å². The van der Waals surface area contributed by atoms with Crippen molar-refractivity contribution < 1.29 is 4.79 Å². The van der Waals surface area contributed by atoms with Crippen molar-refractivity contribution in [2.75, 3.05) is 19.3 Å². The van der Waals surface area contributed by atoms with Crippen LogP contribution in [0, 0.1) is 5.92 Å². The van der Waals surface area contributed by atoms with Crippen molar-refractivity contribution in [3.63, 3.8) is 0 Å². The molecule has 4 rings (SSSR count). The van der Waals surface area contributed by atoms with E-state index in [0.717, 1.165) is 48.3 Å². The van der Waals surface area contributed by atoms with E-state index in [0.29, 0.717) is 11.8 Å². The molecule has 2 aromatic rings. The highest BCUT2D eigenvalue weighted by atomic mass is 32.2. The molecule has 1 aliphatic heterocycles. The molecule has 2 heterocycles. The number of carbonyl (C=O) groups excluding carboxylic acids is 1. The summed E-state index contributed by atoms with van der Waals surface area (Å²) < 4.78 is 0. The molecule has 4 nitrogen and oxygen atoms in total. The second kappa shape index (κ2) is 7.39. The van der Waals surface area contributed by atoms with Crippen molar-refractivity contribution in [3.05, 3.63) is 69.6 Å². The number of nitrogens with one attached hydrogen (secondary N) is 1. The third-order valence-electron chi connectivity index (χ3n) is 5.41. The standard InChI is InChI=1S/C22H24N2O2S/c1-14(25)24-12-15(13-24)11-20(17-5-7-18(27-2)8-6-17)21-10-9-19(16-3-4-16)22(26)23-21/h5-11,15-16H,3-4,12-13H2,1-2H3,(H,23,26)/b20-11-. The molecule has 1 aliphatic carbocycles. The molecule has 27 heavy (non-hydrogen) atoms. The minimum absolute atomic E-state index is 0.0283. The van der Waals surface area contributed by atoms with Gasteiger partial charge in [0.05, 0.1) is 0 Å². The fourth-order valence-corrected chi connectivity index (χ4v) is 3.99. The van der Waals surface area contributed by atoms with Crippen LogP contribution in [-0.2, 0) is 4.79 Å². The number of nitrogens with zero attached hydrogens (tertiary/aromatic N) is 1. The topological polar surface area (TPSA) is 53.2 Å². The van der Waals surface area contributed by atoms with Crippen LogP contribution in [0.2, 0.25) is 0 Å². The van der Waals surface area contributed by atoms with Crippen LogP contribution < -0.4 is 5.56 Å². The van der Waals surface area contributed by atoms with E-state index in [1.807, 2.05) is 17.0 Å². The van der Waals surface area contributed by atoms with Crippen molar-refractivity contribution in [1.29, 1.82) is 0 Å². The van der Waals surface area contributed by atoms with Gasteiger partial charge in [-0.1, -0.05) is 24.3 Å². The Morgan fingerprint density at radius 3 is 2.41 bits per heavy atom. The Hall–Kier alpha value is -2.27. The predicted octanol–water partition coefficient (Wildman–Crippen LogP) is 3.88. The first-order valence-corrected chi connectivity index (χ1v) is 10.6. The number of thioether (sulfide) groups is 1. The van der Waals surface area contributed by atoms with E-state index in [2.05, 4.69) is 41.6 Å². The van der Waals surface area contributed by atoms with Crippen LogP contribution >= 0.6 is 11.8 Å². The lowest BCUT2D eigenvalue weighted by molar-refractivity contribution is -0.133. The van der Waals surface area contributed by atoms with Gasteiger partial charge in [0.1, 0.15) is 0 Å². The van der Waals surface area contributed by atoms with E-state index in [9.17, 15) is 9.59 Å². The number of likely N-dealkylation sites (tertiary alicyclic amines) is 1. The Balaban J connectivity index is 1.68. The number of carbonyl (C=O) groups is 1. The highest BCUT2D eigenvalue weighted by molar-refractivity contribution is 7.98. The van der Waals surface area contributed by atoms with Gasteiger partial charge >= 0.3 is 0 Å². The van der Waals surface area contributed by atoms with Gasteiger partial charge in [0, 0.05) is 47.7 Å². The molecule has 1 aromatic heterocycles. The highest BCUT2D eigenvalue weighted by Gasteiger charge is 2.28. The zero-order chi connectivity index (χ0) is 19.0. The fraction of sp³-hybridized carbons (Fsp3) is 0.364. The third-order valence-corrected chi connectivity index (χ3v) is 6.15. The summed E-state index contributed by atoms with van der Waals surface area (Å²) in [5, 5.41) is 0. The molecule has 1 aromatic carbocycles. The van der Waals surface area contributed by atoms with E-state index in [4.69, 9.17) is 0 Å². The van der Waals surface area contributed by atoms with E-state index in [1.54, 1.807) is 18.7 Å². The number of amides is 1. The normalized spacial score (nSPS) is 17.7. The first kappa shape index (κ1) is 18.1. The molecule has 0 bridgehead atoms. The van der Waals surface area contributed by atoms with E-state index < -0.39 is 0 Å². The van der Waals surface area contributed by atoms with E-state index >= 15 is 0 Å². The smallest absolute Gasteiger partial charge is 0.251 e. The lowest BCUT2D eigenvalue weighted by Crippen LogP contribution is -2.48. The number of aromatic nitrogens is 1. The van der Waals surface area contributed by atoms with Crippen molar-refractivity contribution >= 4 is 23.2 Å². The average molecular weight is 381 g/mol. The summed E-state index contributed by atoms with van der Waals surface area (Å²) in [6, 6.07) is 12.4. The monoisotopic (exact) mass is 380 g/mol. The molecular formula is C22H24N2O2S. The van der Waals surface area contributed by atoms with Gasteiger partial charge in [-0.3, -0.25) is 9.59 Å². The number of pyridine rings is 1.